The van der Waals surface area contributed by atoms with Crippen molar-refractivity contribution in [1.82, 2.24) is 68.7 Å². The van der Waals surface area contributed by atoms with Gasteiger partial charge in [-0.2, -0.15) is 0 Å². The lowest BCUT2D eigenvalue weighted by atomic mass is 9.97. The van der Waals surface area contributed by atoms with Crippen LogP contribution in [-0.2, 0) is 92.7 Å². The molecular weight excluding hydrogens is 1340 g/mol. The average molecular weight is 1440 g/mol. The Hall–Kier alpha value is -10.4. The minimum atomic E-state index is -2.06. The van der Waals surface area contributed by atoms with Gasteiger partial charge < -0.3 is 110 Å². The van der Waals surface area contributed by atoms with Gasteiger partial charge in [-0.15, -0.1) is 0 Å². The molecule has 0 unspecified atom stereocenters. The van der Waals surface area contributed by atoms with Gasteiger partial charge in [0.05, 0.1) is 51.5 Å². The number of carboxylic acid groups (broad SMARTS) is 5. The van der Waals surface area contributed by atoms with E-state index in [2.05, 4.69) is 53.2 Å². The van der Waals surface area contributed by atoms with E-state index in [1.807, 2.05) is 17.6 Å². The summed E-state index contributed by atoms with van der Waals surface area (Å²) < 4.78 is 0. The third kappa shape index (κ3) is 29.5. The number of carboxylic acids is 5. The number of nitrogens with two attached hydrogens (primary N) is 1. The minimum Gasteiger partial charge on any atom is -0.481 e. The van der Waals surface area contributed by atoms with Crippen molar-refractivity contribution in [1.29, 1.82) is 0 Å². The van der Waals surface area contributed by atoms with E-state index in [9.17, 15) is 122 Å². The molecule has 21 N–H and O–H groups in total. The number of carbonyl (C=O) groups excluding carboxylic acids is 13. The van der Waals surface area contributed by atoms with Crippen LogP contribution in [0, 0.1) is 17.8 Å². The second kappa shape index (κ2) is 42.5. The second-order valence-corrected chi connectivity index (χ2v) is 24.6. The van der Waals surface area contributed by atoms with Crippen LogP contribution in [0.4, 0.5) is 0 Å². The molecule has 39 nitrogen and oxygen atoms in total. The standard InChI is InChI=1S/C62H94N14O25/c1-9-29(5)48(63)60(98)64-25-43(79)76-18-14-17-42(76)59(97)70-38(24-47(86)87)55(93)68-35(21-44(80)81)52(90)66-32(8)51(89)75-49(30(6)10-2)61(99)71-36(22-45(82)83)53(91)65-31(7)50(88)67-34(19-28(3)4)54(92)73-41(27-78)58(96)74-40(26-77)57(95)69-37(23-46(84)85)56(94)72-39(62(100)101)20-33-15-12-11-13-16-33/h11-13,15-16,28-32,34-42,48-49,77-78H,9-10,14,17-27,63H2,1-8H3,(H,64,98)(H,65,91)(H,66,90)(H,67,88)(H,68,93)(H,69,95)(H,70,97)(H,71,99)(H,72,94)(H,73,92)(H,74,96)(H,75,89)(H,80,81)(H,82,83)(H,84,85)(H,86,87)(H,100,101)/t29-,30-,31-,32-,34-,35-,36-,37-,38-,39-,40-,41-,42-,48-,49-/m0/s1. The lowest BCUT2D eigenvalue weighted by Gasteiger charge is -2.28. The number of carbonyl (C=O) groups is 18. The number of aliphatic hydroxyl groups is 2. The van der Waals surface area contributed by atoms with E-state index in [0.29, 0.717) is 12.0 Å². The Kier molecular flexibility index (Phi) is 36.5. The van der Waals surface area contributed by atoms with E-state index < -0.39 is 242 Å². The van der Waals surface area contributed by atoms with Crippen LogP contribution in [0.15, 0.2) is 30.3 Å². The first-order valence-electron chi connectivity index (χ1n) is 32.3. The van der Waals surface area contributed by atoms with E-state index >= 15 is 0 Å². The topological polar surface area (TPSA) is 622 Å². The predicted molar refractivity (Wildman–Crippen MR) is 348 cm³/mol. The number of nitrogens with one attached hydrogen (secondary N) is 12. The number of aliphatic hydroxyl groups excluding tert-OH is 2. The molecule has 39 heteroatoms. The van der Waals surface area contributed by atoms with Crippen LogP contribution < -0.4 is 69.5 Å². The number of amides is 13. The zero-order valence-electron chi connectivity index (χ0n) is 57.0. The lowest BCUT2D eigenvalue weighted by molar-refractivity contribution is -0.144. The van der Waals surface area contributed by atoms with Gasteiger partial charge in [-0.05, 0) is 56.4 Å². The zero-order chi connectivity index (χ0) is 76.7. The molecule has 0 bridgehead atoms. The van der Waals surface area contributed by atoms with Crippen molar-refractivity contribution in [2.45, 2.75) is 198 Å². The fourth-order valence-corrected chi connectivity index (χ4v) is 9.84. The smallest absolute Gasteiger partial charge is 0.326 e. The van der Waals surface area contributed by atoms with Crippen molar-refractivity contribution >= 4 is 107 Å². The molecule has 1 aromatic carbocycles. The molecule has 101 heavy (non-hydrogen) atoms. The predicted octanol–water partition coefficient (Wildman–Crippen LogP) is -6.86. The maximum atomic E-state index is 14.0. The molecule has 0 aromatic heterocycles. The molecule has 562 valence electrons. The fourth-order valence-electron chi connectivity index (χ4n) is 9.84. The molecule has 0 spiro atoms. The highest BCUT2D eigenvalue weighted by Crippen LogP contribution is 2.19. The monoisotopic (exact) mass is 1430 g/mol. The summed E-state index contributed by atoms with van der Waals surface area (Å²) >= 11 is 0. The van der Waals surface area contributed by atoms with Gasteiger partial charge in [-0.1, -0.05) is 84.7 Å². The Morgan fingerprint density at radius 1 is 0.455 bits per heavy atom. The van der Waals surface area contributed by atoms with Crippen LogP contribution in [0.1, 0.15) is 119 Å². The molecule has 1 aliphatic rings. The van der Waals surface area contributed by atoms with E-state index in [-0.39, 0.29) is 44.6 Å². The summed E-state index contributed by atoms with van der Waals surface area (Å²) in [5, 5.41) is 95.1. The van der Waals surface area contributed by atoms with Gasteiger partial charge in [-0.3, -0.25) is 81.5 Å². The Labute approximate surface area is 579 Å². The highest BCUT2D eigenvalue weighted by molar-refractivity contribution is 6.01. The van der Waals surface area contributed by atoms with Gasteiger partial charge in [0.15, 0.2) is 0 Å². The molecule has 0 saturated carbocycles. The fraction of sp³-hybridized carbons (Fsp3) is 0.613. The third-order valence-corrected chi connectivity index (χ3v) is 16.1. The van der Waals surface area contributed by atoms with Gasteiger partial charge in [0.2, 0.25) is 76.8 Å². The van der Waals surface area contributed by atoms with Crippen molar-refractivity contribution < 1.29 is 122 Å². The largest absolute Gasteiger partial charge is 0.481 e. The molecule has 13 amide bonds. The minimum absolute atomic E-state index is 0.0394. The Morgan fingerprint density at radius 3 is 1.25 bits per heavy atom. The molecule has 1 aliphatic heterocycles. The number of rotatable bonds is 44. The summed E-state index contributed by atoms with van der Waals surface area (Å²) in [5.74, 6) is -24.4. The normalized spacial score (nSPS) is 16.7. The number of benzene rings is 1. The van der Waals surface area contributed by atoms with Crippen molar-refractivity contribution in [3.8, 4) is 0 Å². The summed E-state index contributed by atoms with van der Waals surface area (Å²) in [5.41, 5.74) is 6.42. The number of aliphatic carboxylic acids is 5. The quantitative estimate of drug-likeness (QED) is 0.0289. The maximum Gasteiger partial charge on any atom is 0.326 e. The van der Waals surface area contributed by atoms with Gasteiger partial charge >= 0.3 is 29.8 Å². The first-order valence-corrected chi connectivity index (χ1v) is 32.3. The summed E-state index contributed by atoms with van der Waals surface area (Å²) in [7, 11) is 0. The zero-order valence-corrected chi connectivity index (χ0v) is 57.0. The highest BCUT2D eigenvalue weighted by Gasteiger charge is 2.40. The van der Waals surface area contributed by atoms with Gasteiger partial charge in [-0.25, -0.2) is 4.79 Å². The Bertz CT molecular complexity index is 3160. The number of nitrogens with zero attached hydrogens (tertiary/aromatic N) is 1. The Balaban J connectivity index is 2.22. The number of hydrogen-bond acceptors (Lipinski definition) is 21. The molecule has 0 radical (unpaired) electrons. The first kappa shape index (κ1) is 86.6. The van der Waals surface area contributed by atoms with Gasteiger partial charge in [0, 0.05) is 13.0 Å². The lowest BCUT2D eigenvalue weighted by Crippen LogP contribution is -2.61. The first-order chi connectivity index (χ1) is 47.3. The number of likely N-dealkylation sites (tertiary alicyclic amines) is 1. The van der Waals surface area contributed by atoms with Crippen LogP contribution in [0.3, 0.4) is 0 Å². The van der Waals surface area contributed by atoms with E-state index in [1.54, 1.807) is 58.0 Å². The van der Waals surface area contributed by atoms with Crippen molar-refractivity contribution in [2.75, 3.05) is 26.3 Å². The molecule has 15 atom stereocenters. The van der Waals surface area contributed by atoms with Crippen molar-refractivity contribution in [2.24, 2.45) is 23.5 Å². The molecule has 2 rings (SSSR count). The summed E-state index contributed by atoms with van der Waals surface area (Å²) in [4.78, 5) is 236. The van der Waals surface area contributed by atoms with Crippen molar-refractivity contribution in [3.63, 3.8) is 0 Å². The van der Waals surface area contributed by atoms with Crippen LogP contribution in [-0.4, -0.2) is 252 Å². The maximum absolute atomic E-state index is 14.0. The molecule has 0 aliphatic carbocycles. The second-order valence-electron chi connectivity index (χ2n) is 24.6. The van der Waals surface area contributed by atoms with Crippen LogP contribution >= 0.6 is 0 Å². The highest BCUT2D eigenvalue weighted by atomic mass is 16.4. The van der Waals surface area contributed by atoms with Crippen LogP contribution in [0.5, 0.6) is 0 Å². The average Bonchev–Trinajstić information content (AvgIpc) is 1.80. The van der Waals surface area contributed by atoms with E-state index in [0.717, 1.165) is 18.7 Å². The van der Waals surface area contributed by atoms with Crippen LogP contribution in [0.25, 0.3) is 0 Å². The molecule has 1 aromatic rings. The molecular formula is C62H94N14O25. The summed E-state index contributed by atoms with van der Waals surface area (Å²) in [6.07, 6.45) is -3.93. The molecule has 1 heterocycles. The van der Waals surface area contributed by atoms with Crippen LogP contribution in [0.2, 0.25) is 0 Å². The van der Waals surface area contributed by atoms with E-state index in [1.165, 1.54) is 6.92 Å². The van der Waals surface area contributed by atoms with E-state index in [4.69, 9.17) is 5.73 Å². The SMILES string of the molecule is CC[C@H](C)[C@H](N)C(=O)NCC(=O)N1CCC[C@H]1C(=O)N[C@@H](CC(=O)O)C(=O)N[C@@H](CC(=O)O)C(=O)N[C@@H](C)C(=O)N[C@H](C(=O)N[C@@H](CC(=O)O)C(=O)N[C@@H](C)C(=O)N[C@@H](CC(C)C)C(=O)N[C@@H](CO)C(=O)N[C@@H](CO)C(=O)N[C@@H](CC(=O)O)C(=O)N[C@@H](Cc1ccccc1)C(=O)O)[C@@H](C)CC. The van der Waals surface area contributed by atoms with Crippen molar-refractivity contribution in [3.05, 3.63) is 35.9 Å². The molecule has 1 saturated heterocycles. The van der Waals surface area contributed by atoms with Gasteiger partial charge in [0.25, 0.3) is 0 Å². The molecule has 1 fully saturated rings. The third-order valence-electron chi connectivity index (χ3n) is 16.1. The summed E-state index contributed by atoms with van der Waals surface area (Å²) in [6.45, 7) is 9.05. The number of hydrogen-bond donors (Lipinski definition) is 20. The Morgan fingerprint density at radius 2 is 0.832 bits per heavy atom. The summed E-state index contributed by atoms with van der Waals surface area (Å²) in [6, 6.07) is -14.3. The van der Waals surface area contributed by atoms with Gasteiger partial charge in [0.1, 0.15) is 72.5 Å².